The van der Waals surface area contributed by atoms with Crippen molar-refractivity contribution in [1.82, 2.24) is 0 Å². The number of hydrogen-bond donors (Lipinski definition) is 1. The quantitative estimate of drug-likeness (QED) is 0.546. The van der Waals surface area contributed by atoms with Crippen molar-refractivity contribution in [3.63, 3.8) is 0 Å². The molecule has 31 heavy (non-hydrogen) atoms. The highest BCUT2D eigenvalue weighted by Crippen LogP contribution is 2.40. The zero-order chi connectivity index (χ0) is 22.5. The molecule has 0 saturated carbocycles. The van der Waals surface area contributed by atoms with E-state index in [-0.39, 0.29) is 23.0 Å². The number of aryl methyl sites for hydroxylation is 1. The topological polar surface area (TPSA) is 85.2 Å². The number of ether oxygens (including phenoxy) is 2. The summed E-state index contributed by atoms with van der Waals surface area (Å²) in [5.41, 5.74) is 2.04. The molecule has 6 nitrogen and oxygen atoms in total. The molecular weight excluding hydrogens is 482 g/mol. The van der Waals surface area contributed by atoms with Gasteiger partial charge < -0.3 is 14.6 Å². The van der Waals surface area contributed by atoms with Gasteiger partial charge in [0.25, 0.3) is 5.91 Å². The molecule has 0 aliphatic carbocycles. The van der Waals surface area contributed by atoms with Crippen molar-refractivity contribution < 1.29 is 24.2 Å². The summed E-state index contributed by atoms with van der Waals surface area (Å²) in [6, 6.07) is 12.3. The number of aliphatic hydroxyl groups excluding tert-OH is 1. The largest absolute Gasteiger partial charge is 0.506 e. The number of rotatable bonds is 5. The van der Waals surface area contributed by atoms with Crippen LogP contribution in [0.15, 0.2) is 68.2 Å². The third-order valence-electron chi connectivity index (χ3n) is 4.35. The number of hydrogen-bond acceptors (Lipinski definition) is 6. The summed E-state index contributed by atoms with van der Waals surface area (Å²) in [6.45, 7) is 3.71. The van der Waals surface area contributed by atoms with E-state index in [1.165, 1.54) is 0 Å². The van der Waals surface area contributed by atoms with E-state index in [4.69, 9.17) is 9.47 Å². The van der Waals surface area contributed by atoms with Gasteiger partial charge in [0.05, 0.1) is 23.1 Å². The highest BCUT2D eigenvalue weighted by atomic mass is 79.9. The number of benzene rings is 2. The minimum atomic E-state index is -0.734. The van der Waals surface area contributed by atoms with Crippen molar-refractivity contribution in [2.75, 3.05) is 13.7 Å². The second kappa shape index (κ2) is 9.98. The number of nitrogens with zero attached hydrogens (tertiary/aromatic N) is 1. The SMILES string of the molecule is CCOC(=O)C1=C(O)/C(=C/c2ccc(OC)c(Br)c2)SC1=NC(=O)c1ccc(C)cc1. The van der Waals surface area contributed by atoms with Gasteiger partial charge in [0, 0.05) is 5.56 Å². The van der Waals surface area contributed by atoms with Crippen molar-refractivity contribution in [2.24, 2.45) is 4.99 Å². The van der Waals surface area contributed by atoms with Gasteiger partial charge >= 0.3 is 5.97 Å². The highest BCUT2D eigenvalue weighted by Gasteiger charge is 2.34. The second-order valence-electron chi connectivity index (χ2n) is 6.54. The van der Waals surface area contributed by atoms with Crippen LogP contribution < -0.4 is 4.74 Å². The summed E-state index contributed by atoms with van der Waals surface area (Å²) < 4.78 is 11.0. The standard InChI is InChI=1S/C23H20BrNO5S/c1-4-30-23(28)19-20(26)18(12-14-7-10-17(29-3)16(24)11-14)31-22(19)25-21(27)15-8-5-13(2)6-9-15/h5-12,26H,4H2,1-3H3/b18-12-,25-22?. The van der Waals surface area contributed by atoms with Gasteiger partial charge in [-0.25, -0.2) is 9.79 Å². The summed E-state index contributed by atoms with van der Waals surface area (Å²) in [5.74, 6) is -0.849. The van der Waals surface area contributed by atoms with Crippen molar-refractivity contribution >= 4 is 50.7 Å². The first kappa shape index (κ1) is 22.8. The number of aliphatic imine (C=N–C) groups is 1. The molecule has 1 heterocycles. The second-order valence-corrected chi connectivity index (χ2v) is 8.42. The molecular formula is C23H20BrNO5S. The Kier molecular flexibility index (Phi) is 7.35. The number of methoxy groups -OCH3 is 1. The van der Waals surface area contributed by atoms with E-state index in [2.05, 4.69) is 20.9 Å². The number of thioether (sulfide) groups is 1. The van der Waals surface area contributed by atoms with Crippen LogP contribution in [0.4, 0.5) is 0 Å². The molecule has 8 heteroatoms. The van der Waals surface area contributed by atoms with Gasteiger partial charge in [-0.1, -0.05) is 35.5 Å². The van der Waals surface area contributed by atoms with Crippen molar-refractivity contribution in [1.29, 1.82) is 0 Å². The average Bonchev–Trinajstić information content (AvgIpc) is 3.03. The molecule has 1 amide bonds. The Bertz CT molecular complexity index is 1120. The first-order valence-electron chi connectivity index (χ1n) is 9.38. The Balaban J connectivity index is 2.00. The molecule has 0 bridgehead atoms. The normalized spacial score (nSPS) is 16.1. The first-order chi connectivity index (χ1) is 14.8. The van der Waals surface area contributed by atoms with Gasteiger partial charge in [-0.2, -0.15) is 0 Å². The van der Waals surface area contributed by atoms with Crippen LogP contribution in [0, 0.1) is 6.92 Å². The molecule has 2 aromatic rings. The van der Waals surface area contributed by atoms with Gasteiger partial charge in [0.2, 0.25) is 0 Å². The van der Waals surface area contributed by atoms with Gasteiger partial charge in [0.15, 0.2) is 0 Å². The molecule has 0 radical (unpaired) electrons. The molecule has 0 atom stereocenters. The molecule has 0 fully saturated rings. The molecule has 1 aliphatic rings. The smallest absolute Gasteiger partial charge is 0.344 e. The lowest BCUT2D eigenvalue weighted by atomic mass is 10.1. The van der Waals surface area contributed by atoms with E-state index in [1.54, 1.807) is 44.4 Å². The maximum Gasteiger partial charge on any atom is 0.344 e. The van der Waals surface area contributed by atoms with E-state index in [0.29, 0.717) is 16.2 Å². The fraction of sp³-hybridized carbons (Fsp3) is 0.174. The predicted octanol–water partition coefficient (Wildman–Crippen LogP) is 5.47. The Morgan fingerprint density at radius 1 is 1.19 bits per heavy atom. The molecule has 0 unspecified atom stereocenters. The molecule has 3 rings (SSSR count). The molecule has 0 aromatic heterocycles. The highest BCUT2D eigenvalue weighted by molar-refractivity contribution is 9.10. The average molecular weight is 502 g/mol. The summed E-state index contributed by atoms with van der Waals surface area (Å²) in [5, 5.41) is 10.8. The van der Waals surface area contributed by atoms with Crippen LogP contribution in [0.2, 0.25) is 0 Å². The van der Waals surface area contributed by atoms with E-state index < -0.39 is 11.9 Å². The zero-order valence-electron chi connectivity index (χ0n) is 17.1. The van der Waals surface area contributed by atoms with Gasteiger partial charge in [0.1, 0.15) is 22.1 Å². The van der Waals surface area contributed by atoms with E-state index in [1.807, 2.05) is 25.1 Å². The molecule has 0 saturated heterocycles. The molecule has 2 aromatic carbocycles. The summed E-state index contributed by atoms with van der Waals surface area (Å²) in [6.07, 6.45) is 1.70. The molecule has 160 valence electrons. The third kappa shape index (κ3) is 5.26. The van der Waals surface area contributed by atoms with Crippen LogP contribution in [-0.4, -0.2) is 35.7 Å². The van der Waals surface area contributed by atoms with Crippen LogP contribution in [0.3, 0.4) is 0 Å². The minimum absolute atomic E-state index is 0.0975. The van der Waals surface area contributed by atoms with Gasteiger partial charge in [-0.05, 0) is 65.7 Å². The van der Waals surface area contributed by atoms with Crippen LogP contribution >= 0.6 is 27.7 Å². The number of amides is 1. The summed E-state index contributed by atoms with van der Waals surface area (Å²) in [4.78, 5) is 29.6. The zero-order valence-corrected chi connectivity index (χ0v) is 19.5. The maximum atomic E-state index is 12.6. The fourth-order valence-electron chi connectivity index (χ4n) is 2.77. The third-order valence-corrected chi connectivity index (χ3v) is 5.99. The van der Waals surface area contributed by atoms with E-state index in [0.717, 1.165) is 27.4 Å². The lowest BCUT2D eigenvalue weighted by Crippen LogP contribution is -2.14. The predicted molar refractivity (Wildman–Crippen MR) is 125 cm³/mol. The lowest BCUT2D eigenvalue weighted by Gasteiger charge is -2.04. The Morgan fingerprint density at radius 3 is 2.52 bits per heavy atom. The van der Waals surface area contributed by atoms with Crippen LogP contribution in [0.25, 0.3) is 6.08 Å². The van der Waals surface area contributed by atoms with Crippen LogP contribution in [0.5, 0.6) is 5.75 Å². The molecule has 1 aliphatic heterocycles. The van der Waals surface area contributed by atoms with Crippen LogP contribution in [-0.2, 0) is 9.53 Å². The summed E-state index contributed by atoms with van der Waals surface area (Å²) >= 11 is 4.46. The molecule has 1 N–H and O–H groups in total. The first-order valence-corrected chi connectivity index (χ1v) is 11.0. The lowest BCUT2D eigenvalue weighted by molar-refractivity contribution is -0.138. The number of halogens is 1. The monoisotopic (exact) mass is 501 g/mol. The Hall–Kier alpha value is -2.84. The molecule has 0 spiro atoms. The van der Waals surface area contributed by atoms with Crippen molar-refractivity contribution in [2.45, 2.75) is 13.8 Å². The van der Waals surface area contributed by atoms with Crippen molar-refractivity contribution in [3.05, 3.63) is 79.9 Å². The maximum absolute atomic E-state index is 12.6. The minimum Gasteiger partial charge on any atom is -0.506 e. The number of esters is 1. The van der Waals surface area contributed by atoms with Crippen molar-refractivity contribution in [3.8, 4) is 5.75 Å². The summed E-state index contributed by atoms with van der Waals surface area (Å²) in [7, 11) is 1.57. The van der Waals surface area contributed by atoms with E-state index in [9.17, 15) is 14.7 Å². The Labute approximate surface area is 192 Å². The van der Waals surface area contributed by atoms with Gasteiger partial charge in [-0.3, -0.25) is 4.79 Å². The van der Waals surface area contributed by atoms with Crippen LogP contribution in [0.1, 0.15) is 28.4 Å². The number of carbonyl (C=O) groups excluding carboxylic acids is 2. The number of aliphatic hydroxyl groups is 1. The van der Waals surface area contributed by atoms with E-state index >= 15 is 0 Å². The fourth-order valence-corrected chi connectivity index (χ4v) is 4.34. The Morgan fingerprint density at radius 2 is 1.90 bits per heavy atom. The number of carbonyl (C=O) groups is 2. The van der Waals surface area contributed by atoms with Gasteiger partial charge in [-0.15, -0.1) is 0 Å².